The molecule has 0 amide bonds. The number of ether oxygens (including phenoxy) is 3. The van der Waals surface area contributed by atoms with Crippen molar-refractivity contribution in [3.8, 4) is 0 Å². The van der Waals surface area contributed by atoms with Crippen molar-refractivity contribution in [3.05, 3.63) is 12.7 Å². The first-order valence-electron chi connectivity index (χ1n) is 19.5. The second-order valence-electron chi connectivity index (χ2n) is 13.0. The molecule has 11 heteroatoms. The molecule has 0 fully saturated rings. The van der Waals surface area contributed by atoms with Gasteiger partial charge in [0, 0.05) is 18.9 Å². The van der Waals surface area contributed by atoms with Crippen molar-refractivity contribution in [1.82, 2.24) is 0 Å². The largest absolute Gasteiger partial charge is 0.472 e. The maximum absolute atomic E-state index is 12.5. The molecule has 0 aliphatic carbocycles. The van der Waals surface area contributed by atoms with E-state index >= 15 is 0 Å². The highest BCUT2D eigenvalue weighted by molar-refractivity contribution is 7.47. The fourth-order valence-corrected chi connectivity index (χ4v) is 6.19. The third-order valence-corrected chi connectivity index (χ3v) is 9.27. The van der Waals surface area contributed by atoms with E-state index in [1.54, 1.807) is 6.92 Å². The zero-order valence-corrected chi connectivity index (χ0v) is 32.0. The van der Waals surface area contributed by atoms with E-state index in [1.165, 1.54) is 70.3 Å². The molecule has 0 aromatic carbocycles. The lowest BCUT2D eigenvalue weighted by Crippen LogP contribution is -2.29. The Bertz CT molecular complexity index is 865. The Hall–Kier alpha value is -1.74. The fraction of sp³-hybridized carbons (Fsp3) is 0.868. The van der Waals surface area contributed by atoms with Gasteiger partial charge in [-0.05, 0) is 25.7 Å². The third kappa shape index (κ3) is 34.5. The topological polar surface area (TPSA) is 135 Å². The molecule has 1 N–H and O–H groups in total. The van der Waals surface area contributed by atoms with Gasteiger partial charge in [-0.1, -0.05) is 149 Å². The lowest BCUT2D eigenvalue weighted by Gasteiger charge is -2.20. The van der Waals surface area contributed by atoms with Crippen molar-refractivity contribution >= 4 is 25.7 Å². The van der Waals surface area contributed by atoms with E-state index in [1.807, 2.05) is 0 Å². The molecule has 0 aliphatic heterocycles. The Morgan fingerprint density at radius 1 is 0.571 bits per heavy atom. The zero-order chi connectivity index (χ0) is 36.3. The van der Waals surface area contributed by atoms with Crippen LogP contribution in [0.1, 0.15) is 181 Å². The summed E-state index contributed by atoms with van der Waals surface area (Å²) in [4.78, 5) is 45.8. The molecular weight excluding hydrogens is 647 g/mol. The number of hydrogen-bond acceptors (Lipinski definition) is 9. The number of carbonyl (C=O) groups excluding carboxylic acids is 3. The molecule has 0 aromatic rings. The van der Waals surface area contributed by atoms with Crippen LogP contribution in [0.2, 0.25) is 0 Å². The van der Waals surface area contributed by atoms with Crippen LogP contribution in [0.25, 0.3) is 0 Å². The van der Waals surface area contributed by atoms with Gasteiger partial charge in [-0.15, -0.1) is 0 Å². The second-order valence-corrected chi connectivity index (χ2v) is 14.5. The first kappa shape index (κ1) is 47.3. The Morgan fingerprint density at radius 2 is 1.02 bits per heavy atom. The summed E-state index contributed by atoms with van der Waals surface area (Å²) in [5.74, 6) is -1.21. The number of phosphoric acid groups is 1. The van der Waals surface area contributed by atoms with Gasteiger partial charge in [-0.3, -0.25) is 18.6 Å². The maximum Gasteiger partial charge on any atom is 0.472 e. The van der Waals surface area contributed by atoms with Gasteiger partial charge in [-0.2, -0.15) is 0 Å². The van der Waals surface area contributed by atoms with Gasteiger partial charge in [0.25, 0.3) is 0 Å². The SMILES string of the molecule is C=CC(=O)OCCCCCCCCCCCCC(=O)OC(COC(=O)CCCCCCCCCCCCCCC)COP(=O)(O)OCCC. The molecule has 288 valence electrons. The van der Waals surface area contributed by atoms with Crippen molar-refractivity contribution in [2.45, 2.75) is 187 Å². The smallest absolute Gasteiger partial charge is 0.463 e. The number of esters is 3. The summed E-state index contributed by atoms with van der Waals surface area (Å²) in [6, 6.07) is 0. The van der Waals surface area contributed by atoms with E-state index in [2.05, 4.69) is 13.5 Å². The molecule has 49 heavy (non-hydrogen) atoms. The highest BCUT2D eigenvalue weighted by Crippen LogP contribution is 2.43. The second kappa shape index (κ2) is 34.7. The minimum absolute atomic E-state index is 0.0569. The van der Waals surface area contributed by atoms with E-state index in [4.69, 9.17) is 23.3 Å². The van der Waals surface area contributed by atoms with E-state index < -0.39 is 26.5 Å². The average molecular weight is 719 g/mol. The van der Waals surface area contributed by atoms with Crippen LogP contribution in [0.4, 0.5) is 0 Å². The van der Waals surface area contributed by atoms with Gasteiger partial charge in [0.15, 0.2) is 6.10 Å². The number of rotatable bonds is 37. The molecular formula is C38H71O10P. The Morgan fingerprint density at radius 3 is 1.49 bits per heavy atom. The maximum atomic E-state index is 12.5. The van der Waals surface area contributed by atoms with E-state index in [0.29, 0.717) is 19.4 Å². The Labute approximate surface area is 298 Å². The minimum Gasteiger partial charge on any atom is -0.463 e. The van der Waals surface area contributed by atoms with E-state index in [-0.39, 0.29) is 38.0 Å². The van der Waals surface area contributed by atoms with Crippen molar-refractivity contribution in [2.24, 2.45) is 0 Å². The van der Waals surface area contributed by atoms with Crippen LogP contribution in [0.5, 0.6) is 0 Å². The predicted molar refractivity (Wildman–Crippen MR) is 195 cm³/mol. The van der Waals surface area contributed by atoms with Crippen LogP contribution in [0.3, 0.4) is 0 Å². The standard InChI is InChI=1S/C38H71O10P/c1-4-7-8-9-10-11-12-13-14-17-20-23-26-29-37(40)45-33-35(34-47-49(42,43)46-31-5-2)48-38(41)30-27-24-21-18-15-16-19-22-25-28-32-44-36(39)6-3/h6,35H,3-5,7-34H2,1-2H3,(H,42,43). The molecule has 10 nitrogen and oxygen atoms in total. The molecule has 2 unspecified atom stereocenters. The van der Waals surface area contributed by atoms with Crippen LogP contribution in [0.15, 0.2) is 12.7 Å². The van der Waals surface area contributed by atoms with Crippen molar-refractivity contribution < 1.29 is 47.1 Å². The first-order valence-corrected chi connectivity index (χ1v) is 21.0. The summed E-state index contributed by atoms with van der Waals surface area (Å²) in [7, 11) is -4.31. The quantitative estimate of drug-likeness (QED) is 0.0217. The molecule has 0 rings (SSSR count). The molecule has 0 radical (unpaired) electrons. The van der Waals surface area contributed by atoms with Crippen molar-refractivity contribution in [3.63, 3.8) is 0 Å². The zero-order valence-electron chi connectivity index (χ0n) is 31.1. The normalized spacial score (nSPS) is 13.0. The highest BCUT2D eigenvalue weighted by Gasteiger charge is 2.25. The molecule has 0 saturated carbocycles. The van der Waals surface area contributed by atoms with Gasteiger partial charge in [0.2, 0.25) is 0 Å². The fourth-order valence-electron chi connectivity index (χ4n) is 5.34. The number of unbranched alkanes of at least 4 members (excludes halogenated alkanes) is 21. The van der Waals surface area contributed by atoms with Crippen LogP contribution in [-0.2, 0) is 42.2 Å². The number of phosphoric ester groups is 1. The third-order valence-electron chi connectivity index (χ3n) is 8.28. The van der Waals surface area contributed by atoms with Gasteiger partial charge >= 0.3 is 25.7 Å². The molecule has 0 saturated heterocycles. The summed E-state index contributed by atoms with van der Waals surface area (Å²) < 4.78 is 37.8. The van der Waals surface area contributed by atoms with Gasteiger partial charge < -0.3 is 19.1 Å². The van der Waals surface area contributed by atoms with E-state index in [0.717, 1.165) is 77.0 Å². The van der Waals surface area contributed by atoms with Crippen LogP contribution in [-0.4, -0.2) is 55.3 Å². The highest BCUT2D eigenvalue weighted by atomic mass is 31.2. The number of hydrogen-bond donors (Lipinski definition) is 1. The van der Waals surface area contributed by atoms with Crippen molar-refractivity contribution in [2.75, 3.05) is 26.4 Å². The summed E-state index contributed by atoms with van der Waals surface area (Å²) >= 11 is 0. The summed E-state index contributed by atoms with van der Waals surface area (Å²) in [5, 5.41) is 0. The van der Waals surface area contributed by atoms with Crippen LogP contribution >= 0.6 is 7.82 Å². The molecule has 0 spiro atoms. The molecule has 2 atom stereocenters. The summed E-state index contributed by atoms with van der Waals surface area (Å²) in [6.07, 6.45) is 27.3. The predicted octanol–water partition coefficient (Wildman–Crippen LogP) is 10.5. The Kier molecular flexibility index (Phi) is 33.5. The van der Waals surface area contributed by atoms with E-state index in [9.17, 15) is 23.8 Å². The first-order chi connectivity index (χ1) is 23.7. The summed E-state index contributed by atoms with van der Waals surface area (Å²) in [5.41, 5.74) is 0. The van der Waals surface area contributed by atoms with Crippen molar-refractivity contribution in [1.29, 1.82) is 0 Å². The lowest BCUT2D eigenvalue weighted by atomic mass is 10.0. The molecule has 0 aromatic heterocycles. The van der Waals surface area contributed by atoms with Crippen LogP contribution < -0.4 is 0 Å². The molecule has 0 aliphatic rings. The van der Waals surface area contributed by atoms with Gasteiger partial charge in [-0.25, -0.2) is 9.36 Å². The van der Waals surface area contributed by atoms with Gasteiger partial charge in [0.1, 0.15) is 6.61 Å². The minimum atomic E-state index is -4.31. The molecule has 0 bridgehead atoms. The molecule has 0 heterocycles. The van der Waals surface area contributed by atoms with Gasteiger partial charge in [0.05, 0.1) is 19.8 Å². The van der Waals surface area contributed by atoms with Crippen LogP contribution in [0, 0.1) is 0 Å². The number of carbonyl (C=O) groups is 3. The Balaban J connectivity index is 4.17. The average Bonchev–Trinajstić information content (AvgIpc) is 3.09. The summed E-state index contributed by atoms with van der Waals surface area (Å²) in [6.45, 7) is 7.28. The lowest BCUT2D eigenvalue weighted by molar-refractivity contribution is -0.161. The monoisotopic (exact) mass is 718 g/mol.